The van der Waals surface area contributed by atoms with Gasteiger partial charge < -0.3 is 15.5 Å². The lowest BCUT2D eigenvalue weighted by molar-refractivity contribution is -0.387. The number of hydrogen-bond donors (Lipinski definition) is 2. The summed E-state index contributed by atoms with van der Waals surface area (Å²) >= 11 is 0. The van der Waals surface area contributed by atoms with Gasteiger partial charge in [0.05, 0.1) is 23.8 Å². The fourth-order valence-corrected chi connectivity index (χ4v) is 3.11. The number of anilines is 2. The Labute approximate surface area is 168 Å². The molecule has 0 spiro atoms. The van der Waals surface area contributed by atoms with Crippen LogP contribution in [0.2, 0.25) is 0 Å². The molecule has 1 aromatic heterocycles. The molecular formula is C15H14N6O8S. The third-order valence-corrected chi connectivity index (χ3v) is 4.56. The molecule has 14 nitrogen and oxygen atoms in total. The highest BCUT2D eigenvalue weighted by atomic mass is 32.2. The SMILES string of the molecule is COc1cc([N+](=O)[O-])c(S(=O)(=O)O)cc1Nc1cccc(-c2nnn(C=O)n2)c1.O. The van der Waals surface area contributed by atoms with Gasteiger partial charge in [0.15, 0.2) is 4.90 Å². The number of carbonyl (C=O) groups excluding carboxylic acids is 1. The molecule has 0 amide bonds. The van der Waals surface area contributed by atoms with E-state index < -0.39 is 25.6 Å². The van der Waals surface area contributed by atoms with Crippen LogP contribution in [0, 0.1) is 10.1 Å². The summed E-state index contributed by atoms with van der Waals surface area (Å²) in [5.41, 5.74) is 0.114. The topological polar surface area (TPSA) is 211 Å². The molecule has 3 rings (SSSR count). The highest BCUT2D eigenvalue weighted by Crippen LogP contribution is 2.37. The lowest BCUT2D eigenvalue weighted by Crippen LogP contribution is -2.06. The largest absolute Gasteiger partial charge is 0.494 e. The first-order valence-corrected chi connectivity index (χ1v) is 9.13. The molecule has 0 aliphatic carbocycles. The van der Waals surface area contributed by atoms with E-state index in [2.05, 4.69) is 20.7 Å². The quantitative estimate of drug-likeness (QED) is 0.224. The van der Waals surface area contributed by atoms with E-state index in [9.17, 15) is 27.9 Å². The van der Waals surface area contributed by atoms with Crippen molar-refractivity contribution in [2.24, 2.45) is 0 Å². The van der Waals surface area contributed by atoms with E-state index >= 15 is 0 Å². The van der Waals surface area contributed by atoms with Gasteiger partial charge in [-0.2, -0.15) is 8.42 Å². The number of methoxy groups -OCH3 is 1. The van der Waals surface area contributed by atoms with Crippen LogP contribution in [-0.2, 0) is 14.9 Å². The molecule has 0 radical (unpaired) electrons. The van der Waals surface area contributed by atoms with Gasteiger partial charge in [-0.1, -0.05) is 16.9 Å². The molecule has 158 valence electrons. The van der Waals surface area contributed by atoms with Gasteiger partial charge in [0, 0.05) is 11.3 Å². The molecule has 15 heteroatoms. The standard InChI is InChI=1S/C15H12N6O7S.H2O/c1-28-13-7-12(21(23)24)14(29(25,26)27)6-11(13)16-10-4-2-3-9(5-10)15-17-19-20(8-22)18-15;/h2-8,16H,1H3,(H,25,26,27);1H2. The van der Waals surface area contributed by atoms with Gasteiger partial charge in [-0.15, -0.1) is 10.2 Å². The van der Waals surface area contributed by atoms with Crippen LogP contribution >= 0.6 is 0 Å². The molecule has 0 unspecified atom stereocenters. The summed E-state index contributed by atoms with van der Waals surface area (Å²) in [6, 6.07) is 8.23. The first-order valence-electron chi connectivity index (χ1n) is 7.69. The maximum atomic E-state index is 11.6. The van der Waals surface area contributed by atoms with Gasteiger partial charge in [0.25, 0.3) is 12.1 Å². The molecule has 0 saturated carbocycles. The molecule has 0 fully saturated rings. The van der Waals surface area contributed by atoms with Crippen LogP contribution in [0.5, 0.6) is 5.75 Å². The normalized spacial score (nSPS) is 10.7. The smallest absolute Gasteiger partial charge is 0.301 e. The van der Waals surface area contributed by atoms with Crippen LogP contribution in [0.15, 0.2) is 41.3 Å². The summed E-state index contributed by atoms with van der Waals surface area (Å²) < 4.78 is 37.5. The van der Waals surface area contributed by atoms with Gasteiger partial charge in [0.1, 0.15) is 5.75 Å². The predicted molar refractivity (Wildman–Crippen MR) is 102 cm³/mol. The highest BCUT2D eigenvalue weighted by Gasteiger charge is 2.27. The Morgan fingerprint density at radius 1 is 1.30 bits per heavy atom. The number of hydrogen-bond acceptors (Lipinski definition) is 10. The molecule has 4 N–H and O–H groups in total. The van der Waals surface area contributed by atoms with Crippen LogP contribution in [0.25, 0.3) is 11.4 Å². The highest BCUT2D eigenvalue weighted by molar-refractivity contribution is 7.86. The number of nitrogens with zero attached hydrogens (tertiary/aromatic N) is 5. The molecule has 0 aliphatic rings. The van der Waals surface area contributed by atoms with Crippen LogP contribution in [0.1, 0.15) is 0 Å². The van der Waals surface area contributed by atoms with Crippen molar-refractivity contribution in [2.75, 3.05) is 12.4 Å². The molecule has 1 heterocycles. The van der Waals surface area contributed by atoms with Gasteiger partial charge >= 0.3 is 10.1 Å². The van der Waals surface area contributed by atoms with Gasteiger partial charge in [-0.3, -0.25) is 19.5 Å². The van der Waals surface area contributed by atoms with E-state index in [-0.39, 0.29) is 22.7 Å². The van der Waals surface area contributed by atoms with Crippen molar-refractivity contribution in [3.63, 3.8) is 0 Å². The first kappa shape index (κ1) is 22.3. The third-order valence-electron chi connectivity index (χ3n) is 3.68. The number of carbonyl (C=O) groups is 1. The minimum atomic E-state index is -4.87. The van der Waals surface area contributed by atoms with Crippen molar-refractivity contribution in [1.82, 2.24) is 20.2 Å². The second-order valence-corrected chi connectivity index (χ2v) is 6.89. The maximum absolute atomic E-state index is 11.6. The lowest BCUT2D eigenvalue weighted by Gasteiger charge is -2.13. The average molecular weight is 438 g/mol. The van der Waals surface area contributed by atoms with Crippen molar-refractivity contribution in [1.29, 1.82) is 0 Å². The van der Waals surface area contributed by atoms with Crippen LogP contribution < -0.4 is 10.1 Å². The zero-order valence-electron chi connectivity index (χ0n) is 15.1. The summed E-state index contributed by atoms with van der Waals surface area (Å²) in [4.78, 5) is 20.7. The Kier molecular flexibility index (Phi) is 6.40. The van der Waals surface area contributed by atoms with Crippen molar-refractivity contribution < 1.29 is 32.9 Å². The summed E-state index contributed by atoms with van der Waals surface area (Å²) in [7, 11) is -3.63. The predicted octanol–water partition coefficient (Wildman–Crippen LogP) is 0.461. The first-order chi connectivity index (χ1) is 13.7. The molecule has 30 heavy (non-hydrogen) atoms. The van der Waals surface area contributed by atoms with Crippen molar-refractivity contribution >= 4 is 33.6 Å². The minimum absolute atomic E-state index is 0. The summed E-state index contributed by atoms with van der Waals surface area (Å²) in [6.45, 7) is 0. The van der Waals surface area contributed by atoms with E-state index in [0.29, 0.717) is 17.7 Å². The van der Waals surface area contributed by atoms with Crippen molar-refractivity contribution in [2.45, 2.75) is 4.90 Å². The van der Waals surface area contributed by atoms with Crippen LogP contribution in [0.3, 0.4) is 0 Å². The Balaban J connectivity index is 0.00000320. The van der Waals surface area contributed by atoms with E-state index in [1.165, 1.54) is 7.11 Å². The number of nitrogens with one attached hydrogen (secondary N) is 1. The molecule has 0 saturated heterocycles. The molecule has 0 aliphatic heterocycles. The average Bonchev–Trinajstić information content (AvgIpc) is 3.16. The Morgan fingerprint density at radius 2 is 2.03 bits per heavy atom. The lowest BCUT2D eigenvalue weighted by atomic mass is 10.2. The number of ether oxygens (including phenoxy) is 1. The molecule has 2 aromatic carbocycles. The van der Waals surface area contributed by atoms with E-state index in [4.69, 9.17) is 4.74 Å². The summed E-state index contributed by atoms with van der Waals surface area (Å²) in [6.07, 6.45) is 0.372. The Hall–Kier alpha value is -3.95. The fraction of sp³-hybridized carbons (Fsp3) is 0.0667. The Bertz CT molecular complexity index is 1210. The van der Waals surface area contributed by atoms with E-state index in [1.807, 2.05) is 0 Å². The number of nitro benzene ring substituents is 1. The number of tetrazole rings is 1. The number of rotatable bonds is 7. The summed E-state index contributed by atoms with van der Waals surface area (Å²) in [5, 5.41) is 25.1. The minimum Gasteiger partial charge on any atom is -0.494 e. The van der Waals surface area contributed by atoms with Gasteiger partial charge in [0.2, 0.25) is 5.82 Å². The molecule has 0 atom stereocenters. The number of benzene rings is 2. The third kappa shape index (κ3) is 4.54. The van der Waals surface area contributed by atoms with Crippen LogP contribution in [0.4, 0.5) is 17.1 Å². The summed E-state index contributed by atoms with van der Waals surface area (Å²) in [5.74, 6) is 0.134. The molecule has 3 aromatic rings. The van der Waals surface area contributed by atoms with Crippen molar-refractivity contribution in [3.8, 4) is 17.1 Å². The molecular weight excluding hydrogens is 424 g/mol. The molecule has 0 bridgehead atoms. The fourth-order valence-electron chi connectivity index (χ4n) is 2.44. The second kappa shape index (κ2) is 8.60. The van der Waals surface area contributed by atoms with E-state index in [1.54, 1.807) is 24.3 Å². The van der Waals surface area contributed by atoms with Crippen molar-refractivity contribution in [3.05, 3.63) is 46.5 Å². The van der Waals surface area contributed by atoms with Gasteiger partial charge in [-0.05, 0) is 23.4 Å². The maximum Gasteiger partial charge on any atom is 0.301 e. The second-order valence-electron chi connectivity index (χ2n) is 5.50. The van der Waals surface area contributed by atoms with E-state index in [0.717, 1.165) is 16.9 Å². The Morgan fingerprint density at radius 3 is 2.60 bits per heavy atom. The number of nitro groups is 1. The van der Waals surface area contributed by atoms with Crippen LogP contribution in [-0.4, -0.2) is 57.1 Å². The monoisotopic (exact) mass is 438 g/mol. The zero-order valence-corrected chi connectivity index (χ0v) is 15.9. The van der Waals surface area contributed by atoms with Gasteiger partial charge in [-0.25, -0.2) is 0 Å². The zero-order chi connectivity index (χ0) is 21.2. The number of aromatic nitrogens is 4.